The third-order valence-electron chi connectivity index (χ3n) is 2.81. The lowest BCUT2D eigenvalue weighted by Crippen LogP contribution is -2.26. The maximum absolute atomic E-state index is 13.6. The second kappa shape index (κ2) is 7.78. The molecule has 1 N–H and O–H groups in total. The normalized spacial score (nSPS) is 10.2. The van der Waals surface area contributed by atoms with Crippen molar-refractivity contribution in [3.63, 3.8) is 0 Å². The zero-order chi connectivity index (χ0) is 15.1. The molecule has 0 atom stereocenters. The van der Waals surface area contributed by atoms with Crippen molar-refractivity contribution in [2.75, 3.05) is 13.2 Å². The summed E-state index contributed by atoms with van der Waals surface area (Å²) in [6, 6.07) is 13.9. The average Bonchev–Trinajstić information content (AvgIpc) is 2.48. The van der Waals surface area contributed by atoms with Gasteiger partial charge < -0.3 is 10.1 Å². The third kappa shape index (κ3) is 4.56. The SMILES string of the molecule is O=C(NCCCOc1ccccc1)c1c(F)cccc1Br. The standard InChI is InChI=1S/C16H15BrFNO2/c17-13-8-4-9-14(18)15(13)16(20)19-10-5-11-21-12-6-2-1-3-7-12/h1-4,6-9H,5,10-11H2,(H,19,20). The summed E-state index contributed by atoms with van der Waals surface area (Å²) in [7, 11) is 0. The Bertz CT molecular complexity index is 584. The van der Waals surface area contributed by atoms with E-state index in [0.29, 0.717) is 24.0 Å². The van der Waals surface area contributed by atoms with E-state index in [4.69, 9.17) is 4.74 Å². The molecule has 2 rings (SSSR count). The van der Waals surface area contributed by atoms with Gasteiger partial charge in [0.1, 0.15) is 11.6 Å². The van der Waals surface area contributed by atoms with E-state index in [1.807, 2.05) is 30.3 Å². The number of carbonyl (C=O) groups is 1. The number of rotatable bonds is 6. The smallest absolute Gasteiger partial charge is 0.255 e. The number of hydrogen-bond acceptors (Lipinski definition) is 2. The maximum atomic E-state index is 13.6. The lowest BCUT2D eigenvalue weighted by molar-refractivity contribution is 0.0946. The molecule has 0 radical (unpaired) electrons. The molecule has 110 valence electrons. The molecule has 0 fully saturated rings. The molecule has 0 aliphatic heterocycles. The zero-order valence-corrected chi connectivity index (χ0v) is 12.9. The van der Waals surface area contributed by atoms with Crippen molar-refractivity contribution in [1.29, 1.82) is 0 Å². The van der Waals surface area contributed by atoms with Crippen LogP contribution >= 0.6 is 15.9 Å². The van der Waals surface area contributed by atoms with Gasteiger partial charge in [-0.1, -0.05) is 24.3 Å². The Morgan fingerprint density at radius 3 is 2.62 bits per heavy atom. The molecule has 0 heterocycles. The van der Waals surface area contributed by atoms with Crippen LogP contribution in [0.5, 0.6) is 5.75 Å². The predicted octanol–water partition coefficient (Wildman–Crippen LogP) is 3.79. The van der Waals surface area contributed by atoms with Crippen molar-refractivity contribution in [3.8, 4) is 5.75 Å². The van der Waals surface area contributed by atoms with Gasteiger partial charge in [-0.3, -0.25) is 4.79 Å². The Kier molecular flexibility index (Phi) is 5.75. The van der Waals surface area contributed by atoms with Crippen molar-refractivity contribution < 1.29 is 13.9 Å². The van der Waals surface area contributed by atoms with E-state index in [1.54, 1.807) is 12.1 Å². The first-order chi connectivity index (χ1) is 10.2. The number of benzene rings is 2. The van der Waals surface area contributed by atoms with Gasteiger partial charge in [0.05, 0.1) is 12.2 Å². The van der Waals surface area contributed by atoms with Crippen LogP contribution in [0.25, 0.3) is 0 Å². The van der Waals surface area contributed by atoms with Gasteiger partial charge in [0.25, 0.3) is 5.91 Å². The average molecular weight is 352 g/mol. The predicted molar refractivity (Wildman–Crippen MR) is 83.0 cm³/mol. The van der Waals surface area contributed by atoms with Crippen molar-refractivity contribution in [2.24, 2.45) is 0 Å². The van der Waals surface area contributed by atoms with E-state index < -0.39 is 11.7 Å². The number of hydrogen-bond donors (Lipinski definition) is 1. The molecule has 0 aliphatic rings. The molecule has 0 spiro atoms. The summed E-state index contributed by atoms with van der Waals surface area (Å²) in [6.45, 7) is 0.912. The van der Waals surface area contributed by atoms with Gasteiger partial charge in [-0.15, -0.1) is 0 Å². The van der Waals surface area contributed by atoms with Crippen LogP contribution in [0.1, 0.15) is 16.8 Å². The van der Waals surface area contributed by atoms with E-state index in [-0.39, 0.29) is 5.56 Å². The van der Waals surface area contributed by atoms with Crippen molar-refractivity contribution in [3.05, 3.63) is 64.4 Å². The number of ether oxygens (including phenoxy) is 1. The van der Waals surface area contributed by atoms with Crippen LogP contribution in [0.4, 0.5) is 4.39 Å². The second-order valence-corrected chi connectivity index (χ2v) is 5.22. The van der Waals surface area contributed by atoms with Crippen LogP contribution in [-0.2, 0) is 0 Å². The van der Waals surface area contributed by atoms with E-state index in [1.165, 1.54) is 6.07 Å². The number of halogens is 2. The lowest BCUT2D eigenvalue weighted by Gasteiger charge is -2.09. The van der Waals surface area contributed by atoms with Crippen LogP contribution in [0.15, 0.2) is 53.0 Å². The van der Waals surface area contributed by atoms with Crippen LogP contribution < -0.4 is 10.1 Å². The molecule has 0 aromatic heterocycles. The molecule has 2 aromatic carbocycles. The summed E-state index contributed by atoms with van der Waals surface area (Å²) in [6.07, 6.45) is 0.646. The Balaban J connectivity index is 1.75. The van der Waals surface area contributed by atoms with Gasteiger partial charge in [-0.2, -0.15) is 0 Å². The highest BCUT2D eigenvalue weighted by molar-refractivity contribution is 9.10. The monoisotopic (exact) mass is 351 g/mol. The fourth-order valence-corrected chi connectivity index (χ4v) is 2.31. The zero-order valence-electron chi connectivity index (χ0n) is 11.3. The summed E-state index contributed by atoms with van der Waals surface area (Å²) in [4.78, 5) is 11.9. The van der Waals surface area contributed by atoms with Gasteiger partial charge >= 0.3 is 0 Å². The Morgan fingerprint density at radius 2 is 1.90 bits per heavy atom. The van der Waals surface area contributed by atoms with E-state index >= 15 is 0 Å². The molecule has 2 aromatic rings. The van der Waals surface area contributed by atoms with E-state index in [9.17, 15) is 9.18 Å². The molecule has 3 nitrogen and oxygen atoms in total. The van der Waals surface area contributed by atoms with Crippen molar-refractivity contribution in [2.45, 2.75) is 6.42 Å². The van der Waals surface area contributed by atoms with Gasteiger partial charge in [-0.25, -0.2) is 4.39 Å². The molecular formula is C16H15BrFNO2. The highest BCUT2D eigenvalue weighted by Crippen LogP contribution is 2.19. The summed E-state index contributed by atoms with van der Waals surface area (Å²) < 4.78 is 19.5. The Labute approximate surface area is 131 Å². The molecule has 21 heavy (non-hydrogen) atoms. The molecule has 5 heteroatoms. The Morgan fingerprint density at radius 1 is 1.14 bits per heavy atom. The third-order valence-corrected chi connectivity index (χ3v) is 3.47. The van der Waals surface area contributed by atoms with Crippen molar-refractivity contribution >= 4 is 21.8 Å². The first-order valence-electron chi connectivity index (χ1n) is 6.58. The summed E-state index contributed by atoms with van der Waals surface area (Å²) in [5.41, 5.74) is 0.0291. The summed E-state index contributed by atoms with van der Waals surface area (Å²) in [5, 5.41) is 2.68. The highest BCUT2D eigenvalue weighted by Gasteiger charge is 2.14. The van der Waals surface area contributed by atoms with Gasteiger partial charge in [0.15, 0.2) is 0 Å². The van der Waals surface area contributed by atoms with Gasteiger partial charge in [0.2, 0.25) is 0 Å². The minimum absolute atomic E-state index is 0.0291. The van der Waals surface area contributed by atoms with Crippen LogP contribution in [0.2, 0.25) is 0 Å². The first-order valence-corrected chi connectivity index (χ1v) is 7.38. The number of carbonyl (C=O) groups excluding carboxylic acids is 1. The molecule has 0 saturated carbocycles. The van der Waals surface area contributed by atoms with Gasteiger partial charge in [-0.05, 0) is 46.6 Å². The lowest BCUT2D eigenvalue weighted by atomic mass is 10.2. The fraction of sp³-hybridized carbons (Fsp3) is 0.188. The molecule has 0 unspecified atom stereocenters. The van der Waals surface area contributed by atoms with E-state index in [0.717, 1.165) is 5.75 Å². The summed E-state index contributed by atoms with van der Waals surface area (Å²) in [5.74, 6) is -0.178. The molecule has 0 aliphatic carbocycles. The van der Waals surface area contributed by atoms with Crippen LogP contribution in [0, 0.1) is 5.82 Å². The molecule has 0 bridgehead atoms. The minimum atomic E-state index is -0.539. The van der Waals surface area contributed by atoms with Gasteiger partial charge in [0, 0.05) is 11.0 Å². The minimum Gasteiger partial charge on any atom is -0.494 e. The number of nitrogens with one attached hydrogen (secondary N) is 1. The number of para-hydroxylation sites is 1. The van der Waals surface area contributed by atoms with E-state index in [2.05, 4.69) is 21.2 Å². The largest absolute Gasteiger partial charge is 0.494 e. The number of amides is 1. The summed E-state index contributed by atoms with van der Waals surface area (Å²) >= 11 is 3.18. The maximum Gasteiger partial charge on any atom is 0.255 e. The molecule has 1 amide bonds. The van der Waals surface area contributed by atoms with Crippen molar-refractivity contribution in [1.82, 2.24) is 5.32 Å². The van der Waals surface area contributed by atoms with Crippen LogP contribution in [-0.4, -0.2) is 19.1 Å². The Hall–Kier alpha value is -1.88. The highest BCUT2D eigenvalue weighted by atomic mass is 79.9. The molecular weight excluding hydrogens is 337 g/mol. The van der Waals surface area contributed by atoms with Crippen LogP contribution in [0.3, 0.4) is 0 Å². The molecule has 0 saturated heterocycles. The quantitative estimate of drug-likeness (QED) is 0.804. The second-order valence-electron chi connectivity index (χ2n) is 4.37. The first kappa shape index (κ1) is 15.5. The fourth-order valence-electron chi connectivity index (χ4n) is 1.78. The topological polar surface area (TPSA) is 38.3 Å².